The van der Waals surface area contributed by atoms with Crippen LogP contribution in [0.1, 0.15) is 38.2 Å². The van der Waals surface area contributed by atoms with E-state index in [0.29, 0.717) is 0 Å². The van der Waals surface area contributed by atoms with Crippen LogP contribution < -0.4 is 0 Å². The Kier molecular flexibility index (Phi) is 4.97. The van der Waals surface area contributed by atoms with Gasteiger partial charge in [-0.05, 0) is 29.9 Å². The molecule has 0 unspecified atom stereocenters. The summed E-state index contributed by atoms with van der Waals surface area (Å²) >= 11 is 0. The zero-order chi connectivity index (χ0) is 17.8. The summed E-state index contributed by atoms with van der Waals surface area (Å²) in [5, 5.41) is 3.76. The number of unbranched alkanes of at least 4 members (excludes halogenated alkanes) is 3. The van der Waals surface area contributed by atoms with Crippen molar-refractivity contribution in [1.29, 1.82) is 0 Å². The number of fused-ring (bicyclic) bond motifs is 3. The molecule has 0 spiro atoms. The summed E-state index contributed by atoms with van der Waals surface area (Å²) in [7, 11) is 0. The highest BCUT2D eigenvalue weighted by Gasteiger charge is 2.12. The highest BCUT2D eigenvalue weighted by Crippen LogP contribution is 2.34. The summed E-state index contributed by atoms with van der Waals surface area (Å²) in [6.45, 7) is 2.26. The second-order valence-corrected chi connectivity index (χ2v) is 6.99. The molecule has 1 nitrogen and oxygen atoms in total. The average Bonchev–Trinajstić information content (AvgIpc) is 2.71. The van der Waals surface area contributed by atoms with E-state index in [0.717, 1.165) is 17.6 Å². The summed E-state index contributed by atoms with van der Waals surface area (Å²) in [5.41, 5.74) is 4.88. The van der Waals surface area contributed by atoms with E-state index < -0.39 is 0 Å². The Bertz CT molecular complexity index is 1030. The first-order valence-electron chi connectivity index (χ1n) is 9.74. The molecule has 0 saturated heterocycles. The predicted octanol–water partition coefficient (Wildman–Crippen LogP) is 7.18. The molecule has 0 fully saturated rings. The van der Waals surface area contributed by atoms with E-state index in [9.17, 15) is 0 Å². The summed E-state index contributed by atoms with van der Waals surface area (Å²) in [6.07, 6.45) is 6.27. The smallest absolute Gasteiger partial charge is 0.0790 e. The number of nitrogens with zero attached hydrogens (tertiary/aromatic N) is 1. The number of aryl methyl sites for hydroxylation is 1. The van der Waals surface area contributed by atoms with Crippen LogP contribution in [0.3, 0.4) is 0 Å². The lowest BCUT2D eigenvalue weighted by molar-refractivity contribution is 0.667. The molecule has 0 atom stereocenters. The second-order valence-electron chi connectivity index (χ2n) is 6.99. The van der Waals surface area contributed by atoms with Crippen LogP contribution in [0.15, 0.2) is 72.8 Å². The minimum absolute atomic E-state index is 1.07. The topological polar surface area (TPSA) is 12.9 Å². The lowest BCUT2D eigenvalue weighted by atomic mass is 9.94. The molecule has 0 amide bonds. The quantitative estimate of drug-likeness (QED) is 0.268. The average molecular weight is 339 g/mol. The van der Waals surface area contributed by atoms with Gasteiger partial charge in [-0.1, -0.05) is 92.9 Å². The van der Waals surface area contributed by atoms with Gasteiger partial charge in [-0.2, -0.15) is 0 Å². The van der Waals surface area contributed by atoms with Crippen molar-refractivity contribution in [2.75, 3.05) is 0 Å². The zero-order valence-corrected chi connectivity index (χ0v) is 15.4. The molecule has 0 saturated carbocycles. The van der Waals surface area contributed by atoms with Crippen molar-refractivity contribution in [3.63, 3.8) is 0 Å². The molecular formula is C25H25N. The van der Waals surface area contributed by atoms with Gasteiger partial charge in [-0.15, -0.1) is 0 Å². The zero-order valence-electron chi connectivity index (χ0n) is 15.4. The first-order valence-corrected chi connectivity index (χ1v) is 9.74. The molecule has 1 aromatic heterocycles. The Morgan fingerprint density at radius 3 is 2.19 bits per heavy atom. The molecule has 4 rings (SSSR count). The highest BCUT2D eigenvalue weighted by atomic mass is 14.7. The van der Waals surface area contributed by atoms with Gasteiger partial charge in [0, 0.05) is 16.3 Å². The maximum absolute atomic E-state index is 5.08. The molecule has 0 N–H and O–H groups in total. The van der Waals surface area contributed by atoms with Gasteiger partial charge in [0.25, 0.3) is 0 Å². The summed E-state index contributed by atoms with van der Waals surface area (Å²) < 4.78 is 0. The van der Waals surface area contributed by atoms with E-state index in [1.165, 1.54) is 53.0 Å². The molecule has 0 radical (unpaired) electrons. The number of pyridine rings is 1. The summed E-state index contributed by atoms with van der Waals surface area (Å²) in [6, 6.07) is 25.9. The van der Waals surface area contributed by atoms with Gasteiger partial charge in [0.15, 0.2) is 0 Å². The predicted molar refractivity (Wildman–Crippen MR) is 113 cm³/mol. The van der Waals surface area contributed by atoms with Crippen molar-refractivity contribution in [1.82, 2.24) is 4.98 Å². The van der Waals surface area contributed by atoms with Gasteiger partial charge in [0.05, 0.1) is 11.2 Å². The normalized spacial score (nSPS) is 11.3. The molecule has 3 aromatic carbocycles. The van der Waals surface area contributed by atoms with Crippen molar-refractivity contribution in [3.8, 4) is 11.3 Å². The second kappa shape index (κ2) is 7.70. The summed E-state index contributed by atoms with van der Waals surface area (Å²) in [5.74, 6) is 0. The van der Waals surface area contributed by atoms with Crippen LogP contribution in [0.5, 0.6) is 0 Å². The lowest BCUT2D eigenvalue weighted by Crippen LogP contribution is -1.95. The van der Waals surface area contributed by atoms with Gasteiger partial charge in [-0.25, -0.2) is 4.98 Å². The number of hydrogen-bond acceptors (Lipinski definition) is 1. The largest absolute Gasteiger partial charge is 0.247 e. The van der Waals surface area contributed by atoms with Crippen LogP contribution in [0.25, 0.3) is 32.9 Å². The lowest BCUT2D eigenvalue weighted by Gasteiger charge is -2.13. The Balaban J connectivity index is 1.86. The number of rotatable bonds is 6. The molecule has 1 heterocycles. The van der Waals surface area contributed by atoms with Crippen LogP contribution in [-0.2, 0) is 6.42 Å². The Morgan fingerprint density at radius 2 is 1.35 bits per heavy atom. The van der Waals surface area contributed by atoms with Crippen molar-refractivity contribution in [2.24, 2.45) is 0 Å². The number of hydrogen-bond donors (Lipinski definition) is 0. The third kappa shape index (κ3) is 3.22. The molecule has 26 heavy (non-hydrogen) atoms. The van der Waals surface area contributed by atoms with E-state index in [4.69, 9.17) is 4.98 Å². The van der Waals surface area contributed by atoms with E-state index >= 15 is 0 Å². The fourth-order valence-corrected chi connectivity index (χ4v) is 3.82. The summed E-state index contributed by atoms with van der Waals surface area (Å²) in [4.78, 5) is 5.08. The van der Waals surface area contributed by atoms with Crippen LogP contribution in [0.2, 0.25) is 0 Å². The van der Waals surface area contributed by atoms with E-state index in [1.807, 2.05) is 0 Å². The van der Waals surface area contributed by atoms with E-state index in [-0.39, 0.29) is 0 Å². The molecule has 0 bridgehead atoms. The van der Waals surface area contributed by atoms with Crippen molar-refractivity contribution < 1.29 is 0 Å². The van der Waals surface area contributed by atoms with Gasteiger partial charge in [0.2, 0.25) is 0 Å². The molecular weight excluding hydrogens is 314 g/mol. The number of benzene rings is 3. The van der Waals surface area contributed by atoms with Crippen LogP contribution in [0, 0.1) is 0 Å². The van der Waals surface area contributed by atoms with Crippen molar-refractivity contribution >= 4 is 21.7 Å². The van der Waals surface area contributed by atoms with E-state index in [2.05, 4.69) is 79.7 Å². The number of para-hydroxylation sites is 1. The van der Waals surface area contributed by atoms with Crippen molar-refractivity contribution in [2.45, 2.75) is 39.0 Å². The maximum atomic E-state index is 5.08. The van der Waals surface area contributed by atoms with E-state index in [1.54, 1.807) is 0 Å². The van der Waals surface area contributed by atoms with Crippen LogP contribution in [0.4, 0.5) is 0 Å². The third-order valence-electron chi connectivity index (χ3n) is 5.18. The standard InChI is InChI=1S/C25H25N/c1-2-3-4-5-12-19-13-6-7-14-20(19)25-23-17-9-8-15-21(23)22-16-10-11-18-24(22)26-25/h6-11,13-18H,2-5,12H2,1H3. The van der Waals surface area contributed by atoms with Crippen molar-refractivity contribution in [3.05, 3.63) is 78.4 Å². The maximum Gasteiger partial charge on any atom is 0.0790 e. The fourth-order valence-electron chi connectivity index (χ4n) is 3.82. The monoisotopic (exact) mass is 339 g/mol. The molecule has 0 aliphatic rings. The van der Waals surface area contributed by atoms with Gasteiger partial charge in [0.1, 0.15) is 0 Å². The molecule has 1 heteroatoms. The minimum atomic E-state index is 1.07. The van der Waals surface area contributed by atoms with Crippen LogP contribution in [-0.4, -0.2) is 4.98 Å². The Labute approximate surface area is 155 Å². The first-order chi connectivity index (χ1) is 12.9. The van der Waals surface area contributed by atoms with Crippen LogP contribution >= 0.6 is 0 Å². The van der Waals surface area contributed by atoms with Gasteiger partial charge < -0.3 is 0 Å². The molecule has 130 valence electrons. The molecule has 0 aliphatic carbocycles. The SMILES string of the molecule is CCCCCCc1ccccc1-c1nc2ccccc2c2ccccc12. The van der Waals surface area contributed by atoms with Gasteiger partial charge >= 0.3 is 0 Å². The first kappa shape index (κ1) is 16.8. The fraction of sp³-hybridized carbons (Fsp3) is 0.240. The number of aromatic nitrogens is 1. The van der Waals surface area contributed by atoms with Gasteiger partial charge in [-0.3, -0.25) is 0 Å². The third-order valence-corrected chi connectivity index (χ3v) is 5.18. The molecule has 0 aliphatic heterocycles. The Hall–Kier alpha value is -2.67. The minimum Gasteiger partial charge on any atom is -0.247 e. The molecule has 4 aromatic rings. The Morgan fingerprint density at radius 1 is 0.654 bits per heavy atom. The highest BCUT2D eigenvalue weighted by molar-refractivity contribution is 6.10.